The van der Waals surface area contributed by atoms with Crippen molar-refractivity contribution in [3.05, 3.63) is 64.7 Å². The first-order valence-corrected chi connectivity index (χ1v) is 11.2. The molecule has 32 heavy (non-hydrogen) atoms. The van der Waals surface area contributed by atoms with Crippen molar-refractivity contribution in [3.63, 3.8) is 0 Å². The van der Waals surface area contributed by atoms with Crippen LogP contribution in [0.3, 0.4) is 0 Å². The molecule has 1 atom stereocenters. The van der Waals surface area contributed by atoms with Gasteiger partial charge in [-0.05, 0) is 69.6 Å². The van der Waals surface area contributed by atoms with E-state index in [0.29, 0.717) is 5.92 Å². The maximum absolute atomic E-state index is 13.3. The van der Waals surface area contributed by atoms with E-state index in [9.17, 15) is 18.0 Å². The van der Waals surface area contributed by atoms with Crippen molar-refractivity contribution in [1.82, 2.24) is 9.80 Å². The van der Waals surface area contributed by atoms with Crippen LogP contribution in [0.2, 0.25) is 5.02 Å². The third-order valence-corrected chi connectivity index (χ3v) is 6.22. The molecule has 1 heterocycles. The maximum atomic E-state index is 13.3. The number of nitrogens with one attached hydrogen (secondary N) is 1. The van der Waals surface area contributed by atoms with Gasteiger partial charge >= 0.3 is 6.18 Å². The van der Waals surface area contributed by atoms with Crippen molar-refractivity contribution in [2.24, 2.45) is 5.92 Å². The molecule has 0 bridgehead atoms. The van der Waals surface area contributed by atoms with Crippen LogP contribution in [0.15, 0.2) is 48.5 Å². The Morgan fingerprint density at radius 1 is 1.19 bits per heavy atom. The largest absolute Gasteiger partial charge is 0.418 e. The number of likely N-dealkylation sites (tertiary alicyclic amines) is 1. The first kappa shape index (κ1) is 24.6. The highest BCUT2D eigenvalue weighted by molar-refractivity contribution is 6.30. The topological polar surface area (TPSA) is 35.6 Å². The van der Waals surface area contributed by atoms with Gasteiger partial charge in [0.25, 0.3) is 0 Å². The number of amides is 1. The average Bonchev–Trinajstić information content (AvgIpc) is 2.75. The number of benzene rings is 2. The van der Waals surface area contributed by atoms with Gasteiger partial charge in [-0.3, -0.25) is 9.69 Å². The Bertz CT molecular complexity index is 899. The highest BCUT2D eigenvalue weighted by Crippen LogP contribution is 2.36. The quantitative estimate of drug-likeness (QED) is 0.581. The van der Waals surface area contributed by atoms with Crippen LogP contribution in [-0.4, -0.2) is 48.4 Å². The summed E-state index contributed by atoms with van der Waals surface area (Å²) in [6, 6.07) is 13.2. The van der Waals surface area contributed by atoms with Crippen LogP contribution in [0.25, 0.3) is 0 Å². The summed E-state index contributed by atoms with van der Waals surface area (Å²) < 4.78 is 39.9. The molecule has 2 aromatic carbocycles. The van der Waals surface area contributed by atoms with Gasteiger partial charge in [0, 0.05) is 18.1 Å². The molecule has 0 spiro atoms. The fourth-order valence-corrected chi connectivity index (χ4v) is 4.36. The number of halogens is 4. The molecular weight excluding hydrogens is 439 g/mol. The Labute approximate surface area is 192 Å². The molecule has 1 aliphatic rings. The second-order valence-electron chi connectivity index (χ2n) is 8.51. The Hall–Kier alpha value is -2.09. The van der Waals surface area contributed by atoms with Crippen molar-refractivity contribution in [1.29, 1.82) is 0 Å². The standard InChI is InChI=1S/C24H29ClF3N3O/c1-17(23(32)29-22-9-8-20(25)14-21(22)24(26,27)28)31-12-10-19(11-13-31)16-30(2)15-18-6-4-3-5-7-18/h3-9,14,17,19H,10-13,15-16H2,1-2H3,(H,29,32)/t17-/m1/s1. The van der Waals surface area contributed by atoms with E-state index in [4.69, 9.17) is 11.6 Å². The predicted octanol–water partition coefficient (Wildman–Crippen LogP) is 5.53. The molecule has 1 saturated heterocycles. The molecule has 4 nitrogen and oxygen atoms in total. The summed E-state index contributed by atoms with van der Waals surface area (Å²) in [5.41, 5.74) is 0.0695. The first-order valence-electron chi connectivity index (χ1n) is 10.8. The number of carbonyl (C=O) groups excluding carboxylic acids is 1. The number of piperidine rings is 1. The SMILES string of the molecule is C[C@H](C(=O)Nc1ccc(Cl)cc1C(F)(F)F)N1CCC(CN(C)Cc2ccccc2)CC1. The molecule has 2 aromatic rings. The smallest absolute Gasteiger partial charge is 0.324 e. The van der Waals surface area contributed by atoms with E-state index < -0.39 is 23.7 Å². The van der Waals surface area contributed by atoms with E-state index in [1.807, 2.05) is 23.1 Å². The molecule has 174 valence electrons. The van der Waals surface area contributed by atoms with Crippen LogP contribution in [0.1, 0.15) is 30.9 Å². The zero-order valence-corrected chi connectivity index (χ0v) is 19.1. The Balaban J connectivity index is 1.51. The lowest BCUT2D eigenvalue weighted by Gasteiger charge is -2.36. The minimum Gasteiger partial charge on any atom is -0.324 e. The average molecular weight is 468 g/mol. The highest BCUT2D eigenvalue weighted by Gasteiger charge is 2.35. The van der Waals surface area contributed by atoms with Gasteiger partial charge in [0.2, 0.25) is 5.91 Å². The lowest BCUT2D eigenvalue weighted by atomic mass is 9.95. The molecular formula is C24H29ClF3N3O. The van der Waals surface area contributed by atoms with Gasteiger partial charge in [0.15, 0.2) is 0 Å². The molecule has 1 aliphatic heterocycles. The number of hydrogen-bond donors (Lipinski definition) is 1. The van der Waals surface area contributed by atoms with Gasteiger partial charge in [0.1, 0.15) is 0 Å². The van der Waals surface area contributed by atoms with Gasteiger partial charge in [0.05, 0.1) is 17.3 Å². The van der Waals surface area contributed by atoms with Crippen molar-refractivity contribution in [2.75, 3.05) is 32.0 Å². The molecule has 0 aromatic heterocycles. The van der Waals surface area contributed by atoms with E-state index in [1.165, 1.54) is 17.7 Å². The minimum atomic E-state index is -4.60. The molecule has 0 unspecified atom stereocenters. The van der Waals surface area contributed by atoms with Crippen LogP contribution in [0.5, 0.6) is 0 Å². The van der Waals surface area contributed by atoms with E-state index in [0.717, 1.165) is 45.1 Å². The van der Waals surface area contributed by atoms with Crippen LogP contribution in [-0.2, 0) is 17.5 Å². The summed E-state index contributed by atoms with van der Waals surface area (Å²) in [5, 5.41) is 2.42. The van der Waals surface area contributed by atoms with Crippen molar-refractivity contribution >= 4 is 23.2 Å². The van der Waals surface area contributed by atoms with E-state index in [-0.39, 0.29) is 10.7 Å². The molecule has 1 amide bonds. The number of alkyl halides is 3. The minimum absolute atomic E-state index is 0.0253. The molecule has 1 N–H and O–H groups in total. The molecule has 1 fully saturated rings. The van der Waals surface area contributed by atoms with Crippen LogP contribution in [0.4, 0.5) is 18.9 Å². The number of rotatable bonds is 7. The summed E-state index contributed by atoms with van der Waals surface area (Å²) in [4.78, 5) is 17.0. The lowest BCUT2D eigenvalue weighted by Crippen LogP contribution is -2.47. The predicted molar refractivity (Wildman–Crippen MR) is 122 cm³/mol. The summed E-state index contributed by atoms with van der Waals surface area (Å²) in [5.74, 6) is 0.0841. The van der Waals surface area contributed by atoms with E-state index in [2.05, 4.69) is 29.4 Å². The highest BCUT2D eigenvalue weighted by atomic mass is 35.5. The maximum Gasteiger partial charge on any atom is 0.418 e. The molecule has 0 saturated carbocycles. The summed E-state index contributed by atoms with van der Waals surface area (Å²) in [6.45, 7) is 5.09. The molecule has 8 heteroatoms. The zero-order chi connectivity index (χ0) is 23.3. The second-order valence-corrected chi connectivity index (χ2v) is 8.95. The van der Waals surface area contributed by atoms with Crippen LogP contribution >= 0.6 is 11.6 Å². The summed E-state index contributed by atoms with van der Waals surface area (Å²) in [6.07, 6.45) is -2.70. The van der Waals surface area contributed by atoms with Gasteiger partial charge in [-0.25, -0.2) is 0 Å². The van der Waals surface area contributed by atoms with Gasteiger partial charge in [-0.2, -0.15) is 13.2 Å². The van der Waals surface area contributed by atoms with Gasteiger partial charge in [-0.15, -0.1) is 0 Å². The Morgan fingerprint density at radius 3 is 2.47 bits per heavy atom. The summed E-state index contributed by atoms with van der Waals surface area (Å²) >= 11 is 5.71. The fraction of sp³-hybridized carbons (Fsp3) is 0.458. The zero-order valence-electron chi connectivity index (χ0n) is 18.3. The number of anilines is 1. The van der Waals surface area contributed by atoms with Gasteiger partial charge < -0.3 is 10.2 Å². The van der Waals surface area contributed by atoms with Gasteiger partial charge in [-0.1, -0.05) is 41.9 Å². The normalized spacial score (nSPS) is 16.8. The Kier molecular flexibility index (Phi) is 8.20. The van der Waals surface area contributed by atoms with Crippen molar-refractivity contribution in [2.45, 2.75) is 38.5 Å². The monoisotopic (exact) mass is 467 g/mol. The third kappa shape index (κ3) is 6.70. The fourth-order valence-electron chi connectivity index (χ4n) is 4.19. The molecule has 0 radical (unpaired) electrons. The second kappa shape index (κ2) is 10.7. The molecule has 0 aliphatic carbocycles. The summed E-state index contributed by atoms with van der Waals surface area (Å²) in [7, 11) is 2.11. The van der Waals surface area contributed by atoms with Crippen LogP contribution in [0, 0.1) is 5.92 Å². The number of nitrogens with zero attached hydrogens (tertiary/aromatic N) is 2. The number of hydrogen-bond acceptors (Lipinski definition) is 3. The first-order chi connectivity index (χ1) is 15.1. The van der Waals surface area contributed by atoms with Crippen molar-refractivity contribution in [3.8, 4) is 0 Å². The number of carbonyl (C=O) groups is 1. The van der Waals surface area contributed by atoms with Crippen molar-refractivity contribution < 1.29 is 18.0 Å². The lowest BCUT2D eigenvalue weighted by molar-refractivity contribution is -0.137. The Morgan fingerprint density at radius 2 is 1.84 bits per heavy atom. The van der Waals surface area contributed by atoms with E-state index in [1.54, 1.807) is 6.92 Å². The third-order valence-electron chi connectivity index (χ3n) is 5.99. The van der Waals surface area contributed by atoms with Crippen LogP contribution < -0.4 is 5.32 Å². The van der Waals surface area contributed by atoms with E-state index >= 15 is 0 Å². The molecule has 3 rings (SSSR count).